The number of carbonyl (C=O) groups excluding carboxylic acids is 1. The van der Waals surface area contributed by atoms with Crippen molar-refractivity contribution >= 4 is 5.91 Å². The summed E-state index contributed by atoms with van der Waals surface area (Å²) in [5, 5.41) is 18.0. The van der Waals surface area contributed by atoms with Crippen LogP contribution >= 0.6 is 0 Å². The molecule has 0 bridgehead atoms. The van der Waals surface area contributed by atoms with Crippen LogP contribution in [0, 0.1) is 5.82 Å². The number of carbonyl (C=O) groups is 1. The van der Waals surface area contributed by atoms with Crippen molar-refractivity contribution < 1.29 is 14.3 Å². The van der Waals surface area contributed by atoms with Gasteiger partial charge in [-0.2, -0.15) is 5.10 Å². The summed E-state index contributed by atoms with van der Waals surface area (Å²) in [5.74, 6) is -0.680. The van der Waals surface area contributed by atoms with E-state index in [1.807, 2.05) is 35.0 Å². The molecule has 1 amide bonds. The van der Waals surface area contributed by atoms with Crippen LogP contribution in [0.3, 0.4) is 0 Å². The van der Waals surface area contributed by atoms with E-state index in [4.69, 9.17) is 0 Å². The first kappa shape index (κ1) is 18.4. The number of nitrogens with zero attached hydrogens (tertiary/aromatic N) is 2. The number of amides is 1. The van der Waals surface area contributed by atoms with Crippen LogP contribution in [-0.2, 0) is 18.4 Å². The third-order valence-electron chi connectivity index (χ3n) is 5.21. The molecule has 1 heterocycles. The Balaban J connectivity index is 1.55. The van der Waals surface area contributed by atoms with Crippen molar-refractivity contribution in [2.45, 2.75) is 31.8 Å². The molecule has 4 rings (SSSR count). The molecule has 1 aromatic heterocycles. The minimum Gasteiger partial charge on any atom is -0.384 e. The van der Waals surface area contributed by atoms with E-state index < -0.39 is 5.60 Å². The summed E-state index contributed by atoms with van der Waals surface area (Å²) in [7, 11) is 0. The summed E-state index contributed by atoms with van der Waals surface area (Å²) in [6.07, 6.45) is 2.70. The lowest BCUT2D eigenvalue weighted by atomic mass is 9.96. The first-order valence-electron chi connectivity index (χ1n) is 9.38. The number of nitrogens with one attached hydrogen (secondary N) is 1. The van der Waals surface area contributed by atoms with E-state index in [0.717, 1.165) is 36.2 Å². The molecular weight excluding hydrogens is 357 g/mol. The maximum absolute atomic E-state index is 13.1. The summed E-state index contributed by atoms with van der Waals surface area (Å²) >= 11 is 0. The van der Waals surface area contributed by atoms with Gasteiger partial charge in [-0.1, -0.05) is 30.3 Å². The summed E-state index contributed by atoms with van der Waals surface area (Å²) in [6.45, 7) is 1.60. The molecule has 1 aliphatic carbocycles. The second-order valence-corrected chi connectivity index (χ2v) is 7.34. The third kappa shape index (κ3) is 3.43. The highest BCUT2D eigenvalue weighted by Crippen LogP contribution is 2.28. The molecule has 6 heteroatoms. The molecular formula is C22H22FN3O2. The lowest BCUT2D eigenvalue weighted by Crippen LogP contribution is -2.39. The summed E-state index contributed by atoms with van der Waals surface area (Å²) in [6, 6.07) is 15.4. The molecule has 0 saturated heterocycles. The van der Waals surface area contributed by atoms with E-state index >= 15 is 0 Å². The van der Waals surface area contributed by atoms with Gasteiger partial charge in [0.25, 0.3) is 5.91 Å². The van der Waals surface area contributed by atoms with Gasteiger partial charge in [0, 0.05) is 11.3 Å². The molecule has 1 aliphatic rings. The number of hydrogen-bond acceptors (Lipinski definition) is 3. The lowest BCUT2D eigenvalue weighted by molar-refractivity contribution is 0.0524. The van der Waals surface area contributed by atoms with Crippen molar-refractivity contribution in [3.63, 3.8) is 0 Å². The van der Waals surface area contributed by atoms with Gasteiger partial charge in [-0.3, -0.25) is 4.79 Å². The highest BCUT2D eigenvalue weighted by Gasteiger charge is 2.29. The number of aromatic nitrogens is 2. The minimum atomic E-state index is -1.31. The molecule has 28 heavy (non-hydrogen) atoms. The molecule has 144 valence electrons. The average molecular weight is 379 g/mol. The van der Waals surface area contributed by atoms with Crippen LogP contribution in [0.15, 0.2) is 54.6 Å². The highest BCUT2D eigenvalue weighted by molar-refractivity contribution is 5.94. The fourth-order valence-corrected chi connectivity index (χ4v) is 3.65. The third-order valence-corrected chi connectivity index (χ3v) is 5.21. The second kappa shape index (κ2) is 7.20. The zero-order chi connectivity index (χ0) is 19.7. The predicted octanol–water partition coefficient (Wildman–Crippen LogP) is 3.14. The van der Waals surface area contributed by atoms with Crippen molar-refractivity contribution in [3.05, 3.63) is 82.9 Å². The maximum Gasteiger partial charge on any atom is 0.272 e. The molecule has 2 aromatic carbocycles. The molecule has 0 fully saturated rings. The zero-order valence-electron chi connectivity index (χ0n) is 15.7. The van der Waals surface area contributed by atoms with Gasteiger partial charge in [0.2, 0.25) is 0 Å². The van der Waals surface area contributed by atoms with Gasteiger partial charge in [-0.15, -0.1) is 0 Å². The Bertz CT molecular complexity index is 995. The fourth-order valence-electron chi connectivity index (χ4n) is 3.65. The largest absolute Gasteiger partial charge is 0.384 e. The predicted molar refractivity (Wildman–Crippen MR) is 104 cm³/mol. The molecule has 1 atom stereocenters. The zero-order valence-corrected chi connectivity index (χ0v) is 15.7. The fraction of sp³-hybridized carbons (Fsp3) is 0.273. The number of fused-ring (bicyclic) bond motifs is 1. The smallest absolute Gasteiger partial charge is 0.272 e. The van der Waals surface area contributed by atoms with Gasteiger partial charge in [0.15, 0.2) is 5.69 Å². The number of rotatable bonds is 5. The summed E-state index contributed by atoms with van der Waals surface area (Å²) in [5.41, 5.74) is 2.61. The van der Waals surface area contributed by atoms with Crippen LogP contribution < -0.4 is 5.32 Å². The van der Waals surface area contributed by atoms with Gasteiger partial charge in [-0.05, 0) is 56.0 Å². The normalized spacial score (nSPS) is 15.1. The van der Waals surface area contributed by atoms with Crippen molar-refractivity contribution in [2.24, 2.45) is 0 Å². The van der Waals surface area contributed by atoms with E-state index in [1.165, 1.54) is 24.3 Å². The van der Waals surface area contributed by atoms with E-state index in [9.17, 15) is 14.3 Å². The molecule has 2 N–H and O–H groups in total. The number of benzene rings is 2. The topological polar surface area (TPSA) is 67.2 Å². The highest BCUT2D eigenvalue weighted by atomic mass is 19.1. The Labute approximate surface area is 162 Å². The van der Waals surface area contributed by atoms with E-state index in [0.29, 0.717) is 11.3 Å². The Morgan fingerprint density at radius 2 is 1.89 bits per heavy atom. The van der Waals surface area contributed by atoms with Gasteiger partial charge >= 0.3 is 0 Å². The average Bonchev–Trinajstić information content (AvgIpc) is 3.30. The quantitative estimate of drug-likeness (QED) is 0.716. The molecule has 0 aliphatic heterocycles. The SMILES string of the molecule is CC(O)(CNC(=O)c1nn(-c2ccccc2)c2c1CCC2)c1ccc(F)cc1. The van der Waals surface area contributed by atoms with Crippen LogP contribution in [0.2, 0.25) is 0 Å². The Morgan fingerprint density at radius 1 is 1.18 bits per heavy atom. The monoisotopic (exact) mass is 379 g/mol. The number of aliphatic hydroxyl groups is 1. The van der Waals surface area contributed by atoms with E-state index in [-0.39, 0.29) is 18.3 Å². The summed E-state index contributed by atoms with van der Waals surface area (Å²) in [4.78, 5) is 12.8. The molecule has 5 nitrogen and oxygen atoms in total. The maximum atomic E-state index is 13.1. The van der Waals surface area contributed by atoms with Gasteiger partial charge < -0.3 is 10.4 Å². The van der Waals surface area contributed by atoms with Gasteiger partial charge in [0.1, 0.15) is 11.4 Å². The molecule has 0 spiro atoms. The second-order valence-electron chi connectivity index (χ2n) is 7.34. The molecule has 0 radical (unpaired) electrons. The summed E-state index contributed by atoms with van der Waals surface area (Å²) < 4.78 is 15.0. The number of hydrogen-bond donors (Lipinski definition) is 2. The van der Waals surface area contributed by atoms with Crippen LogP contribution in [0.1, 0.15) is 40.7 Å². The number of para-hydroxylation sites is 1. The molecule has 3 aromatic rings. The van der Waals surface area contributed by atoms with Gasteiger partial charge in [-0.25, -0.2) is 9.07 Å². The Kier molecular flexibility index (Phi) is 4.73. The van der Waals surface area contributed by atoms with Crippen LogP contribution in [-0.4, -0.2) is 27.3 Å². The van der Waals surface area contributed by atoms with E-state index in [1.54, 1.807) is 6.92 Å². The van der Waals surface area contributed by atoms with Crippen molar-refractivity contribution in [3.8, 4) is 5.69 Å². The van der Waals surface area contributed by atoms with Crippen LogP contribution in [0.4, 0.5) is 4.39 Å². The van der Waals surface area contributed by atoms with Crippen molar-refractivity contribution in [1.29, 1.82) is 0 Å². The molecule has 1 unspecified atom stereocenters. The molecule has 0 saturated carbocycles. The minimum absolute atomic E-state index is 0.00440. The first-order chi connectivity index (χ1) is 13.5. The lowest BCUT2D eigenvalue weighted by Gasteiger charge is -2.24. The number of halogens is 1. The van der Waals surface area contributed by atoms with Crippen molar-refractivity contribution in [1.82, 2.24) is 15.1 Å². The van der Waals surface area contributed by atoms with Crippen LogP contribution in [0.25, 0.3) is 5.69 Å². The Hall–Kier alpha value is -2.99. The Morgan fingerprint density at radius 3 is 2.61 bits per heavy atom. The van der Waals surface area contributed by atoms with Gasteiger partial charge in [0.05, 0.1) is 12.2 Å². The van der Waals surface area contributed by atoms with Crippen LogP contribution in [0.5, 0.6) is 0 Å². The standard InChI is InChI=1S/C22H22FN3O2/c1-22(28,15-10-12-16(23)13-11-15)14-24-21(27)20-18-8-5-9-19(18)26(25-20)17-6-3-2-4-7-17/h2-4,6-7,10-13,28H,5,8-9,14H2,1H3,(H,24,27). The van der Waals surface area contributed by atoms with E-state index in [2.05, 4.69) is 10.4 Å². The van der Waals surface area contributed by atoms with Crippen molar-refractivity contribution in [2.75, 3.05) is 6.54 Å². The first-order valence-corrected chi connectivity index (χ1v) is 9.38.